The summed E-state index contributed by atoms with van der Waals surface area (Å²) in [7, 11) is 0. The molecule has 0 radical (unpaired) electrons. The molecule has 0 heteroatoms. The van der Waals surface area contributed by atoms with Crippen molar-refractivity contribution in [2.45, 2.75) is 145 Å². The smallest absolute Gasteiger partial charge is 0.0300 e. The fraction of sp³-hybridized carbons (Fsp3) is 1.00. The molecule has 0 saturated heterocycles. The third-order valence-electron chi connectivity index (χ3n) is 7.50. The van der Waals surface area contributed by atoms with Gasteiger partial charge in [0.2, 0.25) is 0 Å². The van der Waals surface area contributed by atoms with Gasteiger partial charge >= 0.3 is 0 Å². The molecule has 0 spiro atoms. The molecule has 0 aromatic heterocycles. The topological polar surface area (TPSA) is 0 Å². The lowest BCUT2D eigenvalue weighted by Gasteiger charge is -2.45. The van der Waals surface area contributed by atoms with Gasteiger partial charge < -0.3 is 0 Å². The molecule has 0 bridgehead atoms. The molecule has 0 unspecified atom stereocenters. The van der Waals surface area contributed by atoms with Gasteiger partial charge in [-0.05, 0) is 61.2 Å². The Labute approximate surface area is 168 Å². The molecule has 0 amide bonds. The Morgan fingerprint density at radius 1 is 0.846 bits per heavy atom. The van der Waals surface area contributed by atoms with Crippen molar-refractivity contribution in [2.24, 2.45) is 22.7 Å². The van der Waals surface area contributed by atoms with E-state index in [-0.39, 0.29) is 0 Å². The maximum atomic E-state index is 2.51. The molecule has 0 N–H and O–H groups in total. The van der Waals surface area contributed by atoms with Crippen LogP contribution in [0.3, 0.4) is 0 Å². The van der Waals surface area contributed by atoms with E-state index in [1.165, 1.54) is 89.9 Å². The first kappa shape index (κ1) is 26.0. The summed E-state index contributed by atoms with van der Waals surface area (Å²) in [5.41, 5.74) is 1.30. The Kier molecular flexibility index (Phi) is 14.1. The Balaban J connectivity index is 0.000000648. The van der Waals surface area contributed by atoms with Crippen molar-refractivity contribution in [3.05, 3.63) is 0 Å². The van der Waals surface area contributed by atoms with Gasteiger partial charge in [0, 0.05) is 0 Å². The normalized spacial score (nSPS) is 26.5. The second-order valence-corrected chi connectivity index (χ2v) is 9.86. The van der Waals surface area contributed by atoms with E-state index in [9.17, 15) is 0 Å². The minimum absolute atomic E-state index is 0.583. The van der Waals surface area contributed by atoms with Crippen molar-refractivity contribution in [1.29, 1.82) is 0 Å². The average Bonchev–Trinajstić information content (AvgIpc) is 3.13. The van der Waals surface area contributed by atoms with Gasteiger partial charge in [-0.2, -0.15) is 0 Å². The van der Waals surface area contributed by atoms with E-state index >= 15 is 0 Å². The van der Waals surface area contributed by atoms with Crippen LogP contribution in [0.5, 0.6) is 0 Å². The van der Waals surface area contributed by atoms with Crippen molar-refractivity contribution in [3.63, 3.8) is 0 Å². The quantitative estimate of drug-likeness (QED) is 0.420. The molecule has 0 nitrogen and oxygen atoms in total. The summed E-state index contributed by atoms with van der Waals surface area (Å²) in [6.45, 7) is 18.4. The van der Waals surface area contributed by atoms with Crippen LogP contribution in [0.2, 0.25) is 0 Å². The first-order valence-electron chi connectivity index (χ1n) is 12.4. The monoisotopic (exact) mass is 366 g/mol. The molecule has 2 aliphatic rings. The highest BCUT2D eigenvalue weighted by atomic mass is 14.4. The van der Waals surface area contributed by atoms with Crippen LogP contribution in [-0.4, -0.2) is 0 Å². The molecule has 0 aromatic rings. The zero-order valence-electron chi connectivity index (χ0n) is 20.1. The molecule has 2 fully saturated rings. The lowest BCUT2D eigenvalue weighted by molar-refractivity contribution is 0.0620. The number of hydrogen-bond acceptors (Lipinski definition) is 0. The standard InChI is InChI=1S/C18H36.C6H12.C2H6/c1-6-9-13-18(8-3)14-10-16(11-15-18)17(4,5)12-7-2;1-6-4-2-3-5-6;1-2/h16H,6-15H2,1-5H3;6H,2-5H2,1H3;1-2H3. The Morgan fingerprint density at radius 2 is 1.38 bits per heavy atom. The van der Waals surface area contributed by atoms with Gasteiger partial charge in [0.1, 0.15) is 0 Å². The van der Waals surface area contributed by atoms with Crippen molar-refractivity contribution >= 4 is 0 Å². The van der Waals surface area contributed by atoms with Crippen molar-refractivity contribution in [1.82, 2.24) is 0 Å². The van der Waals surface area contributed by atoms with Crippen molar-refractivity contribution in [3.8, 4) is 0 Å². The maximum absolute atomic E-state index is 2.51. The minimum Gasteiger partial charge on any atom is -0.0683 e. The summed E-state index contributed by atoms with van der Waals surface area (Å²) in [5.74, 6) is 2.03. The van der Waals surface area contributed by atoms with Crippen LogP contribution in [0, 0.1) is 22.7 Å². The van der Waals surface area contributed by atoms with Crippen molar-refractivity contribution < 1.29 is 0 Å². The highest BCUT2D eigenvalue weighted by molar-refractivity contribution is 4.89. The summed E-state index contributed by atoms with van der Waals surface area (Å²) in [4.78, 5) is 0. The highest BCUT2D eigenvalue weighted by Gasteiger charge is 2.38. The largest absolute Gasteiger partial charge is 0.0683 e. The number of hydrogen-bond donors (Lipinski definition) is 0. The number of rotatable bonds is 7. The molecule has 0 aromatic carbocycles. The van der Waals surface area contributed by atoms with Crippen LogP contribution in [-0.2, 0) is 0 Å². The van der Waals surface area contributed by atoms with E-state index < -0.39 is 0 Å². The van der Waals surface area contributed by atoms with E-state index in [1.54, 1.807) is 0 Å². The molecule has 2 saturated carbocycles. The number of unbranched alkanes of at least 4 members (excludes halogenated alkanes) is 1. The van der Waals surface area contributed by atoms with Crippen LogP contribution in [0.4, 0.5) is 0 Å². The van der Waals surface area contributed by atoms with E-state index in [1.807, 2.05) is 13.8 Å². The third kappa shape index (κ3) is 9.27. The van der Waals surface area contributed by atoms with E-state index in [4.69, 9.17) is 0 Å². The highest BCUT2D eigenvalue weighted by Crippen LogP contribution is 2.50. The summed E-state index contributed by atoms with van der Waals surface area (Å²) < 4.78 is 0. The molecule has 0 atom stereocenters. The van der Waals surface area contributed by atoms with Crippen LogP contribution in [0.25, 0.3) is 0 Å². The van der Waals surface area contributed by atoms with Gasteiger partial charge in [0.25, 0.3) is 0 Å². The second-order valence-electron chi connectivity index (χ2n) is 9.86. The van der Waals surface area contributed by atoms with Gasteiger partial charge in [-0.3, -0.25) is 0 Å². The first-order valence-corrected chi connectivity index (χ1v) is 12.4. The van der Waals surface area contributed by atoms with Crippen LogP contribution < -0.4 is 0 Å². The fourth-order valence-electron chi connectivity index (χ4n) is 5.32. The Bertz CT molecular complexity index is 300. The summed E-state index contributed by atoms with van der Waals surface area (Å²) in [5, 5.41) is 0. The fourth-order valence-corrected chi connectivity index (χ4v) is 5.32. The lowest BCUT2D eigenvalue weighted by Crippen LogP contribution is -2.33. The Hall–Kier alpha value is 0. The second kappa shape index (κ2) is 14.1. The van der Waals surface area contributed by atoms with Gasteiger partial charge in [-0.15, -0.1) is 0 Å². The van der Waals surface area contributed by atoms with Gasteiger partial charge in [-0.25, -0.2) is 0 Å². The van der Waals surface area contributed by atoms with E-state index in [2.05, 4.69) is 41.5 Å². The summed E-state index contributed by atoms with van der Waals surface area (Å²) in [6.07, 6.45) is 20.4. The van der Waals surface area contributed by atoms with Gasteiger partial charge in [0.15, 0.2) is 0 Å². The average molecular weight is 367 g/mol. The molecule has 2 aliphatic carbocycles. The SMILES string of the molecule is CC.CC1CCCC1.CCCCC1(CC)CCC(C(C)(C)CCC)CC1. The molecular formula is C26H54. The Morgan fingerprint density at radius 3 is 1.73 bits per heavy atom. The maximum Gasteiger partial charge on any atom is -0.0300 e. The van der Waals surface area contributed by atoms with Crippen LogP contribution >= 0.6 is 0 Å². The molecule has 2 rings (SSSR count). The molecular weight excluding hydrogens is 312 g/mol. The van der Waals surface area contributed by atoms with E-state index in [0.29, 0.717) is 5.41 Å². The van der Waals surface area contributed by atoms with Gasteiger partial charge in [0.05, 0.1) is 0 Å². The van der Waals surface area contributed by atoms with Crippen LogP contribution in [0.15, 0.2) is 0 Å². The molecule has 26 heavy (non-hydrogen) atoms. The molecule has 0 aliphatic heterocycles. The van der Waals surface area contributed by atoms with E-state index in [0.717, 1.165) is 17.3 Å². The van der Waals surface area contributed by atoms with Crippen LogP contribution in [0.1, 0.15) is 145 Å². The van der Waals surface area contributed by atoms with Gasteiger partial charge in [-0.1, -0.05) is 107 Å². The third-order valence-corrected chi connectivity index (χ3v) is 7.50. The predicted molar refractivity (Wildman–Crippen MR) is 122 cm³/mol. The zero-order chi connectivity index (χ0) is 20.1. The molecule has 0 heterocycles. The summed E-state index contributed by atoms with van der Waals surface area (Å²) >= 11 is 0. The zero-order valence-corrected chi connectivity index (χ0v) is 20.1. The lowest BCUT2D eigenvalue weighted by atomic mass is 9.60. The first-order chi connectivity index (χ1) is 12.4. The summed E-state index contributed by atoms with van der Waals surface area (Å²) in [6, 6.07) is 0. The predicted octanol–water partition coefficient (Wildman–Crippen LogP) is 9.81. The minimum atomic E-state index is 0.583. The molecule has 158 valence electrons. The van der Waals surface area contributed by atoms with Crippen molar-refractivity contribution in [2.75, 3.05) is 0 Å².